The predicted octanol–water partition coefficient (Wildman–Crippen LogP) is 4.08. The van der Waals surface area contributed by atoms with Gasteiger partial charge in [0.25, 0.3) is 5.91 Å². The first-order valence-corrected chi connectivity index (χ1v) is 8.69. The van der Waals surface area contributed by atoms with Crippen LogP contribution in [0.2, 0.25) is 0 Å². The standard InChI is InChI=1S/C20H26N2O2/c1-14(2)24-18-10-8-16(9-11-18)12-17(13-21)20(23)22-19-7-5-4-6-15(19)3/h8-12,14-15,19H,4-7H2,1-3H3,(H,22,23)/b17-12+/t15-,19+/m0/s1. The van der Waals surface area contributed by atoms with Crippen LogP contribution in [0.1, 0.15) is 52.0 Å². The van der Waals surface area contributed by atoms with Gasteiger partial charge in [-0.3, -0.25) is 4.79 Å². The predicted molar refractivity (Wildman–Crippen MR) is 95.4 cm³/mol. The first kappa shape index (κ1) is 18.1. The maximum absolute atomic E-state index is 12.4. The highest BCUT2D eigenvalue weighted by molar-refractivity contribution is 6.01. The minimum Gasteiger partial charge on any atom is -0.491 e. The number of carbonyl (C=O) groups is 1. The van der Waals surface area contributed by atoms with Crippen molar-refractivity contribution in [3.05, 3.63) is 35.4 Å². The third kappa shape index (κ3) is 5.13. The summed E-state index contributed by atoms with van der Waals surface area (Å²) in [5, 5.41) is 12.3. The van der Waals surface area contributed by atoms with E-state index in [-0.39, 0.29) is 23.6 Å². The molecule has 0 heterocycles. The number of rotatable bonds is 5. The van der Waals surface area contributed by atoms with E-state index in [0.717, 1.165) is 30.6 Å². The second kappa shape index (κ2) is 8.54. The number of nitrogens with one attached hydrogen (secondary N) is 1. The van der Waals surface area contributed by atoms with Crippen molar-refractivity contribution < 1.29 is 9.53 Å². The summed E-state index contributed by atoms with van der Waals surface area (Å²) >= 11 is 0. The summed E-state index contributed by atoms with van der Waals surface area (Å²) in [5.41, 5.74) is 0.958. The highest BCUT2D eigenvalue weighted by Gasteiger charge is 2.23. The molecule has 4 nitrogen and oxygen atoms in total. The molecule has 128 valence electrons. The summed E-state index contributed by atoms with van der Waals surface area (Å²) in [6.45, 7) is 6.10. The molecule has 24 heavy (non-hydrogen) atoms. The Morgan fingerprint density at radius 1 is 1.29 bits per heavy atom. The number of nitrogens with zero attached hydrogens (tertiary/aromatic N) is 1. The van der Waals surface area contributed by atoms with Gasteiger partial charge >= 0.3 is 0 Å². The molecule has 0 unspecified atom stereocenters. The average molecular weight is 326 g/mol. The fourth-order valence-electron chi connectivity index (χ4n) is 3.01. The summed E-state index contributed by atoms with van der Waals surface area (Å²) in [5.74, 6) is 0.968. The van der Waals surface area contributed by atoms with Gasteiger partial charge in [-0.05, 0) is 56.4 Å². The van der Waals surface area contributed by atoms with Crippen LogP contribution in [0.4, 0.5) is 0 Å². The Kier molecular flexibility index (Phi) is 6.43. The summed E-state index contributed by atoms with van der Waals surface area (Å²) in [4.78, 5) is 12.4. The van der Waals surface area contributed by atoms with Gasteiger partial charge in [0.15, 0.2) is 0 Å². The van der Waals surface area contributed by atoms with Crippen LogP contribution in [0.15, 0.2) is 29.8 Å². The number of carbonyl (C=O) groups excluding carboxylic acids is 1. The average Bonchev–Trinajstić information content (AvgIpc) is 2.55. The molecule has 2 rings (SSSR count). The largest absolute Gasteiger partial charge is 0.491 e. The number of amides is 1. The first-order chi connectivity index (χ1) is 11.5. The maximum Gasteiger partial charge on any atom is 0.262 e. The molecule has 4 heteroatoms. The van der Waals surface area contributed by atoms with E-state index in [4.69, 9.17) is 4.74 Å². The zero-order valence-electron chi connectivity index (χ0n) is 14.7. The first-order valence-electron chi connectivity index (χ1n) is 8.69. The Labute approximate surface area is 144 Å². The van der Waals surface area contributed by atoms with E-state index in [2.05, 4.69) is 12.2 Å². The van der Waals surface area contributed by atoms with Crippen LogP contribution in [0.25, 0.3) is 6.08 Å². The van der Waals surface area contributed by atoms with E-state index in [0.29, 0.717) is 5.92 Å². The minimum atomic E-state index is -0.279. The zero-order chi connectivity index (χ0) is 17.5. The normalized spacial score (nSPS) is 21.2. The molecule has 1 aliphatic rings. The number of nitriles is 1. The van der Waals surface area contributed by atoms with E-state index in [9.17, 15) is 10.1 Å². The Morgan fingerprint density at radius 2 is 1.96 bits per heavy atom. The lowest BCUT2D eigenvalue weighted by atomic mass is 9.86. The lowest BCUT2D eigenvalue weighted by Gasteiger charge is -2.29. The van der Waals surface area contributed by atoms with E-state index in [1.54, 1.807) is 6.08 Å². The van der Waals surface area contributed by atoms with Crippen LogP contribution in [-0.4, -0.2) is 18.1 Å². The molecule has 0 aromatic heterocycles. The van der Waals surface area contributed by atoms with Crippen molar-refractivity contribution in [3.8, 4) is 11.8 Å². The molecule has 0 radical (unpaired) electrons. The van der Waals surface area contributed by atoms with Crippen molar-refractivity contribution >= 4 is 12.0 Å². The van der Waals surface area contributed by atoms with Gasteiger partial charge in [-0.1, -0.05) is 31.9 Å². The molecule has 0 aliphatic heterocycles. The van der Waals surface area contributed by atoms with Gasteiger partial charge < -0.3 is 10.1 Å². The second-order valence-corrected chi connectivity index (χ2v) is 6.75. The summed E-state index contributed by atoms with van der Waals surface area (Å²) in [6.07, 6.45) is 6.23. The second-order valence-electron chi connectivity index (χ2n) is 6.75. The molecule has 1 aromatic carbocycles. The van der Waals surface area contributed by atoms with Gasteiger partial charge in [-0.25, -0.2) is 0 Å². The molecule has 1 N–H and O–H groups in total. The molecule has 1 amide bonds. The topological polar surface area (TPSA) is 62.1 Å². The van der Waals surface area contributed by atoms with Crippen LogP contribution < -0.4 is 10.1 Å². The molecule has 0 spiro atoms. The zero-order valence-corrected chi connectivity index (χ0v) is 14.7. The van der Waals surface area contributed by atoms with Crippen molar-refractivity contribution in [1.29, 1.82) is 5.26 Å². The fourth-order valence-corrected chi connectivity index (χ4v) is 3.01. The van der Waals surface area contributed by atoms with Gasteiger partial charge in [0.05, 0.1) is 6.10 Å². The Bertz CT molecular complexity index is 626. The van der Waals surface area contributed by atoms with Gasteiger partial charge in [0.2, 0.25) is 0 Å². The fraction of sp³-hybridized carbons (Fsp3) is 0.500. The quantitative estimate of drug-likeness (QED) is 0.655. The van der Waals surface area contributed by atoms with Crippen LogP contribution >= 0.6 is 0 Å². The van der Waals surface area contributed by atoms with E-state index >= 15 is 0 Å². The van der Waals surface area contributed by atoms with Gasteiger partial charge in [-0.15, -0.1) is 0 Å². The van der Waals surface area contributed by atoms with Crippen molar-refractivity contribution in [3.63, 3.8) is 0 Å². The monoisotopic (exact) mass is 326 g/mol. The minimum absolute atomic E-state index is 0.115. The highest BCUT2D eigenvalue weighted by Crippen LogP contribution is 2.24. The number of benzene rings is 1. The van der Waals surface area contributed by atoms with Crippen LogP contribution in [0.5, 0.6) is 5.75 Å². The van der Waals surface area contributed by atoms with Crippen molar-refractivity contribution in [2.24, 2.45) is 5.92 Å². The third-order valence-corrected chi connectivity index (χ3v) is 4.36. The van der Waals surface area contributed by atoms with Gasteiger partial charge in [0.1, 0.15) is 17.4 Å². The summed E-state index contributed by atoms with van der Waals surface area (Å²) in [7, 11) is 0. The van der Waals surface area contributed by atoms with Crippen LogP contribution in [-0.2, 0) is 4.79 Å². The smallest absolute Gasteiger partial charge is 0.262 e. The third-order valence-electron chi connectivity index (χ3n) is 4.36. The van der Waals surface area contributed by atoms with E-state index < -0.39 is 0 Å². The number of ether oxygens (including phenoxy) is 1. The van der Waals surface area contributed by atoms with E-state index in [1.807, 2.05) is 44.2 Å². The molecule has 0 bridgehead atoms. The maximum atomic E-state index is 12.4. The summed E-state index contributed by atoms with van der Waals surface area (Å²) in [6, 6.07) is 9.59. The molecule has 2 atom stereocenters. The van der Waals surface area contributed by atoms with E-state index in [1.165, 1.54) is 6.42 Å². The SMILES string of the molecule is CC(C)Oc1ccc(/C=C(\C#N)C(=O)N[C@@H]2CCCC[C@@H]2C)cc1. The van der Waals surface area contributed by atoms with Crippen LogP contribution in [0.3, 0.4) is 0 Å². The molecule has 1 aromatic rings. The molecule has 1 saturated carbocycles. The number of hydrogen-bond donors (Lipinski definition) is 1. The summed E-state index contributed by atoms with van der Waals surface area (Å²) < 4.78 is 5.60. The number of hydrogen-bond acceptors (Lipinski definition) is 3. The van der Waals surface area contributed by atoms with Gasteiger partial charge in [-0.2, -0.15) is 5.26 Å². The molecular weight excluding hydrogens is 300 g/mol. The Hall–Kier alpha value is -2.28. The Balaban J connectivity index is 2.05. The van der Waals surface area contributed by atoms with Crippen molar-refractivity contribution in [2.75, 3.05) is 0 Å². The lowest BCUT2D eigenvalue weighted by Crippen LogP contribution is -2.41. The van der Waals surface area contributed by atoms with Crippen molar-refractivity contribution in [1.82, 2.24) is 5.32 Å². The van der Waals surface area contributed by atoms with Crippen molar-refractivity contribution in [2.45, 2.75) is 58.6 Å². The van der Waals surface area contributed by atoms with Crippen LogP contribution in [0, 0.1) is 17.2 Å². The van der Waals surface area contributed by atoms with Gasteiger partial charge in [0, 0.05) is 6.04 Å². The molecule has 0 saturated heterocycles. The Morgan fingerprint density at radius 3 is 2.54 bits per heavy atom. The highest BCUT2D eigenvalue weighted by atomic mass is 16.5. The molecular formula is C20H26N2O2. The lowest BCUT2D eigenvalue weighted by molar-refractivity contribution is -0.118. The molecule has 1 fully saturated rings. The molecule has 1 aliphatic carbocycles.